The molecule has 1 N–H and O–H groups in total. The van der Waals surface area contributed by atoms with Crippen molar-refractivity contribution in [1.82, 2.24) is 9.78 Å². The number of hydrogen-bond acceptors (Lipinski definition) is 3. The highest BCUT2D eigenvalue weighted by molar-refractivity contribution is 6.34. The summed E-state index contributed by atoms with van der Waals surface area (Å²) in [5.41, 5.74) is 2.68. The Labute approximate surface area is 180 Å². The number of rotatable bonds is 7. The van der Waals surface area contributed by atoms with Crippen LogP contribution in [0.1, 0.15) is 43.9 Å². The molecule has 1 aliphatic heterocycles. The number of halogens is 2. The average molecular weight is 435 g/mol. The van der Waals surface area contributed by atoms with Crippen LogP contribution < -0.4 is 10.2 Å². The van der Waals surface area contributed by atoms with Gasteiger partial charge in [0.15, 0.2) is 0 Å². The second-order valence-corrected chi connectivity index (χ2v) is 7.77. The molecule has 0 spiro atoms. The Bertz CT molecular complexity index is 952. The molecule has 1 fully saturated rings. The molecule has 2 heterocycles. The zero-order valence-corrected chi connectivity index (χ0v) is 18.1. The fraction of sp³-hybridized carbons (Fsp3) is 0.381. The zero-order chi connectivity index (χ0) is 21.0. The van der Waals surface area contributed by atoms with Crippen LogP contribution in [0.2, 0.25) is 10.2 Å². The molecule has 0 unspecified atom stereocenters. The SMILES string of the molecule is CCCCn1nc(C)c(/C=C/C(=O)Nc2cc(N3CCCC3=O)ccc2Cl)c1Cl. The van der Waals surface area contributed by atoms with Crippen LogP contribution in [0.4, 0.5) is 11.4 Å². The molecule has 3 rings (SSSR count). The number of carbonyl (C=O) groups excluding carboxylic acids is 2. The molecule has 0 bridgehead atoms. The van der Waals surface area contributed by atoms with Crippen LogP contribution in [0.25, 0.3) is 6.08 Å². The Morgan fingerprint density at radius 2 is 2.14 bits per heavy atom. The molecule has 29 heavy (non-hydrogen) atoms. The molecule has 1 aliphatic rings. The summed E-state index contributed by atoms with van der Waals surface area (Å²) in [6.45, 7) is 5.38. The van der Waals surface area contributed by atoms with Crippen LogP contribution in [0.3, 0.4) is 0 Å². The van der Waals surface area contributed by atoms with Gasteiger partial charge >= 0.3 is 0 Å². The van der Waals surface area contributed by atoms with Crippen molar-refractivity contribution in [3.05, 3.63) is 45.7 Å². The van der Waals surface area contributed by atoms with E-state index in [2.05, 4.69) is 17.3 Å². The minimum atomic E-state index is -0.339. The van der Waals surface area contributed by atoms with Gasteiger partial charge < -0.3 is 10.2 Å². The van der Waals surface area contributed by atoms with Crippen molar-refractivity contribution >= 4 is 52.5 Å². The van der Waals surface area contributed by atoms with Gasteiger partial charge in [0.2, 0.25) is 11.8 Å². The van der Waals surface area contributed by atoms with Crippen LogP contribution in [0.15, 0.2) is 24.3 Å². The summed E-state index contributed by atoms with van der Waals surface area (Å²) >= 11 is 12.6. The summed E-state index contributed by atoms with van der Waals surface area (Å²) in [4.78, 5) is 26.1. The number of aryl methyl sites for hydroxylation is 2. The molecule has 0 saturated carbocycles. The minimum Gasteiger partial charge on any atom is -0.321 e. The number of nitrogens with one attached hydrogen (secondary N) is 1. The van der Waals surface area contributed by atoms with Crippen molar-refractivity contribution in [2.24, 2.45) is 0 Å². The van der Waals surface area contributed by atoms with E-state index in [4.69, 9.17) is 23.2 Å². The Morgan fingerprint density at radius 3 is 2.83 bits per heavy atom. The lowest BCUT2D eigenvalue weighted by Gasteiger charge is -2.17. The smallest absolute Gasteiger partial charge is 0.248 e. The number of nitrogens with zero attached hydrogens (tertiary/aromatic N) is 3. The van der Waals surface area contributed by atoms with Crippen LogP contribution in [0, 0.1) is 6.92 Å². The van der Waals surface area contributed by atoms with E-state index in [0.29, 0.717) is 28.8 Å². The lowest BCUT2D eigenvalue weighted by atomic mass is 10.2. The van der Waals surface area contributed by atoms with Crippen molar-refractivity contribution in [2.45, 2.75) is 46.1 Å². The monoisotopic (exact) mass is 434 g/mol. The maximum absolute atomic E-state index is 12.4. The molecule has 0 aliphatic carbocycles. The van der Waals surface area contributed by atoms with Crippen LogP contribution in [-0.2, 0) is 16.1 Å². The molecular weight excluding hydrogens is 411 g/mol. The highest BCUT2D eigenvalue weighted by Gasteiger charge is 2.22. The third-order valence-electron chi connectivity index (χ3n) is 4.83. The fourth-order valence-electron chi connectivity index (χ4n) is 3.24. The summed E-state index contributed by atoms with van der Waals surface area (Å²) in [7, 11) is 0. The standard InChI is InChI=1S/C21H24Cl2N4O2/c1-3-4-12-27-21(23)16(14(2)25-27)8-10-19(28)24-18-13-15(7-9-17(18)22)26-11-5-6-20(26)29/h7-10,13H,3-6,11-12H2,1-2H3,(H,24,28)/b10-8+. The van der Waals surface area contributed by atoms with E-state index in [1.807, 2.05) is 6.92 Å². The Morgan fingerprint density at radius 1 is 1.34 bits per heavy atom. The van der Waals surface area contributed by atoms with Gasteiger partial charge in [0.1, 0.15) is 5.15 Å². The van der Waals surface area contributed by atoms with Crippen molar-refractivity contribution in [2.75, 3.05) is 16.8 Å². The highest BCUT2D eigenvalue weighted by atomic mass is 35.5. The number of unbranched alkanes of at least 4 members (excludes halogenated alkanes) is 1. The van der Waals surface area contributed by atoms with Gasteiger partial charge in [-0.3, -0.25) is 14.3 Å². The molecule has 8 heteroatoms. The first kappa shape index (κ1) is 21.4. The number of carbonyl (C=O) groups is 2. The summed E-state index contributed by atoms with van der Waals surface area (Å²) < 4.78 is 1.76. The van der Waals surface area contributed by atoms with E-state index in [1.54, 1.807) is 33.9 Å². The van der Waals surface area contributed by atoms with Crippen LogP contribution >= 0.6 is 23.2 Å². The van der Waals surface area contributed by atoms with Gasteiger partial charge in [-0.2, -0.15) is 5.10 Å². The molecule has 1 saturated heterocycles. The molecule has 2 aromatic rings. The molecule has 154 valence electrons. The third kappa shape index (κ3) is 5.00. The minimum absolute atomic E-state index is 0.0784. The predicted molar refractivity (Wildman–Crippen MR) is 118 cm³/mol. The Balaban J connectivity index is 1.73. The van der Waals surface area contributed by atoms with Crippen LogP contribution in [0.5, 0.6) is 0 Å². The Kier molecular flexibility index (Phi) is 6.98. The molecule has 1 aromatic heterocycles. The van der Waals surface area contributed by atoms with E-state index >= 15 is 0 Å². The summed E-state index contributed by atoms with van der Waals surface area (Å²) in [6.07, 6.45) is 6.47. The van der Waals surface area contributed by atoms with E-state index in [9.17, 15) is 9.59 Å². The van der Waals surface area contributed by atoms with Gasteiger partial charge in [-0.05, 0) is 44.0 Å². The van der Waals surface area contributed by atoms with Gasteiger partial charge in [-0.25, -0.2) is 0 Å². The molecule has 6 nitrogen and oxygen atoms in total. The molecule has 0 atom stereocenters. The second kappa shape index (κ2) is 9.46. The molecule has 1 aromatic carbocycles. The number of hydrogen-bond donors (Lipinski definition) is 1. The van der Waals surface area contributed by atoms with Crippen molar-refractivity contribution in [1.29, 1.82) is 0 Å². The number of amides is 2. The average Bonchev–Trinajstić information content (AvgIpc) is 3.23. The lowest BCUT2D eigenvalue weighted by Crippen LogP contribution is -2.23. The van der Waals surface area contributed by atoms with Gasteiger partial charge in [0.05, 0.1) is 16.4 Å². The van der Waals surface area contributed by atoms with Crippen molar-refractivity contribution in [3.63, 3.8) is 0 Å². The summed E-state index contributed by atoms with van der Waals surface area (Å²) in [5, 5.41) is 8.13. The number of benzene rings is 1. The van der Waals surface area contributed by atoms with Gasteiger partial charge in [0, 0.05) is 36.8 Å². The van der Waals surface area contributed by atoms with Crippen molar-refractivity contribution < 1.29 is 9.59 Å². The quantitative estimate of drug-likeness (QED) is 0.617. The van der Waals surface area contributed by atoms with E-state index in [-0.39, 0.29) is 11.8 Å². The topological polar surface area (TPSA) is 67.2 Å². The van der Waals surface area contributed by atoms with E-state index < -0.39 is 0 Å². The highest BCUT2D eigenvalue weighted by Crippen LogP contribution is 2.30. The lowest BCUT2D eigenvalue weighted by molar-refractivity contribution is -0.117. The fourth-order valence-corrected chi connectivity index (χ4v) is 3.73. The largest absolute Gasteiger partial charge is 0.321 e. The van der Waals surface area contributed by atoms with Gasteiger partial charge in [-0.1, -0.05) is 36.5 Å². The molecule has 0 radical (unpaired) electrons. The van der Waals surface area contributed by atoms with Gasteiger partial charge in [-0.15, -0.1) is 0 Å². The first-order chi connectivity index (χ1) is 13.9. The number of anilines is 2. The van der Waals surface area contributed by atoms with Crippen molar-refractivity contribution in [3.8, 4) is 0 Å². The first-order valence-electron chi connectivity index (χ1n) is 9.72. The second-order valence-electron chi connectivity index (χ2n) is 7.00. The first-order valence-corrected chi connectivity index (χ1v) is 10.5. The molecular formula is C21H24Cl2N4O2. The van der Waals surface area contributed by atoms with E-state index in [0.717, 1.165) is 42.8 Å². The summed E-state index contributed by atoms with van der Waals surface area (Å²) in [6, 6.07) is 5.18. The van der Waals surface area contributed by atoms with Crippen LogP contribution in [-0.4, -0.2) is 28.1 Å². The normalized spacial score (nSPS) is 14.2. The zero-order valence-electron chi connectivity index (χ0n) is 16.5. The maximum atomic E-state index is 12.4. The number of aromatic nitrogens is 2. The Hall–Kier alpha value is -2.31. The maximum Gasteiger partial charge on any atom is 0.248 e. The van der Waals surface area contributed by atoms with Gasteiger partial charge in [0.25, 0.3) is 0 Å². The predicted octanol–water partition coefficient (Wildman–Crippen LogP) is 5.08. The van der Waals surface area contributed by atoms with E-state index in [1.165, 1.54) is 6.08 Å². The third-order valence-corrected chi connectivity index (χ3v) is 5.56. The molecule has 2 amide bonds. The summed E-state index contributed by atoms with van der Waals surface area (Å²) in [5.74, 6) is -0.261.